The summed E-state index contributed by atoms with van der Waals surface area (Å²) in [6, 6.07) is 0.135. The molecule has 0 aromatic heterocycles. The maximum Gasteiger partial charge on any atom is 0.522 e. The van der Waals surface area contributed by atoms with Crippen molar-refractivity contribution < 1.29 is 22.6 Å². The van der Waals surface area contributed by atoms with Gasteiger partial charge in [0.15, 0.2) is 0 Å². The standard InChI is InChI=1S/C8H13BrF3NO2/c9-5-7-6-14-3-1-13(7)2-4-15-8(10,11)12/h7H,1-6H2. The van der Waals surface area contributed by atoms with Crippen LogP contribution in [-0.4, -0.2) is 55.5 Å². The first-order chi connectivity index (χ1) is 7.03. The number of hydrogen-bond acceptors (Lipinski definition) is 3. The number of alkyl halides is 4. The highest BCUT2D eigenvalue weighted by atomic mass is 79.9. The summed E-state index contributed by atoms with van der Waals surface area (Å²) in [5.41, 5.74) is 0. The Morgan fingerprint density at radius 1 is 1.47 bits per heavy atom. The van der Waals surface area contributed by atoms with Crippen LogP contribution in [0.3, 0.4) is 0 Å². The molecular formula is C8H13BrF3NO2. The topological polar surface area (TPSA) is 21.7 Å². The summed E-state index contributed by atoms with van der Waals surface area (Å²) in [6.07, 6.45) is -4.53. The fourth-order valence-electron chi connectivity index (χ4n) is 1.40. The average molecular weight is 292 g/mol. The number of nitrogens with zero attached hydrogens (tertiary/aromatic N) is 1. The number of morpholine rings is 1. The summed E-state index contributed by atoms with van der Waals surface area (Å²) < 4.78 is 44.1. The van der Waals surface area contributed by atoms with Gasteiger partial charge in [-0.25, -0.2) is 0 Å². The minimum Gasteiger partial charge on any atom is -0.378 e. The largest absolute Gasteiger partial charge is 0.522 e. The number of rotatable bonds is 4. The van der Waals surface area contributed by atoms with E-state index in [9.17, 15) is 13.2 Å². The summed E-state index contributed by atoms with van der Waals surface area (Å²) in [7, 11) is 0. The predicted octanol–water partition coefficient (Wildman–Crippen LogP) is 1.62. The summed E-state index contributed by atoms with van der Waals surface area (Å²) in [5, 5.41) is 0.693. The lowest BCUT2D eigenvalue weighted by molar-refractivity contribution is -0.325. The third-order valence-corrected chi connectivity index (χ3v) is 2.92. The van der Waals surface area contributed by atoms with Crippen molar-refractivity contribution in [1.29, 1.82) is 0 Å². The van der Waals surface area contributed by atoms with Crippen LogP contribution in [0.2, 0.25) is 0 Å². The normalized spacial score (nSPS) is 24.4. The molecule has 0 N–H and O–H groups in total. The highest BCUT2D eigenvalue weighted by Gasteiger charge is 2.30. The summed E-state index contributed by atoms with van der Waals surface area (Å²) in [5.74, 6) is 0. The molecule has 0 aliphatic carbocycles. The van der Waals surface area contributed by atoms with Crippen LogP contribution < -0.4 is 0 Å². The predicted molar refractivity (Wildman–Crippen MR) is 52.0 cm³/mol. The van der Waals surface area contributed by atoms with Crippen molar-refractivity contribution in [3.63, 3.8) is 0 Å². The molecule has 0 spiro atoms. The quantitative estimate of drug-likeness (QED) is 0.735. The van der Waals surface area contributed by atoms with Gasteiger partial charge in [0.05, 0.1) is 19.8 Å². The van der Waals surface area contributed by atoms with E-state index in [1.807, 2.05) is 4.90 Å². The van der Waals surface area contributed by atoms with Gasteiger partial charge in [0.2, 0.25) is 0 Å². The molecule has 0 saturated carbocycles. The molecule has 1 aliphatic rings. The molecule has 7 heteroatoms. The van der Waals surface area contributed by atoms with Crippen LogP contribution in [0.25, 0.3) is 0 Å². The number of ether oxygens (including phenoxy) is 2. The second kappa shape index (κ2) is 6.03. The van der Waals surface area contributed by atoms with Crippen LogP contribution in [0.5, 0.6) is 0 Å². The molecule has 3 nitrogen and oxygen atoms in total. The molecule has 1 fully saturated rings. The molecule has 1 rings (SSSR count). The van der Waals surface area contributed by atoms with Gasteiger partial charge < -0.3 is 4.74 Å². The molecule has 1 aliphatic heterocycles. The van der Waals surface area contributed by atoms with Gasteiger partial charge in [0, 0.05) is 24.5 Å². The molecule has 1 saturated heterocycles. The molecule has 0 radical (unpaired) electrons. The third kappa shape index (κ3) is 5.14. The van der Waals surface area contributed by atoms with Gasteiger partial charge in [-0.05, 0) is 0 Å². The van der Waals surface area contributed by atoms with E-state index in [-0.39, 0.29) is 19.2 Å². The molecule has 0 aromatic carbocycles. The van der Waals surface area contributed by atoms with Crippen molar-refractivity contribution in [3.8, 4) is 0 Å². The Morgan fingerprint density at radius 3 is 2.80 bits per heavy atom. The average Bonchev–Trinajstić information content (AvgIpc) is 2.16. The van der Waals surface area contributed by atoms with Gasteiger partial charge >= 0.3 is 6.36 Å². The lowest BCUT2D eigenvalue weighted by atomic mass is 10.2. The zero-order valence-electron chi connectivity index (χ0n) is 8.10. The Hall–Kier alpha value is 0.150. The van der Waals surface area contributed by atoms with Crippen LogP contribution >= 0.6 is 15.9 Å². The highest BCUT2D eigenvalue weighted by molar-refractivity contribution is 9.09. The van der Waals surface area contributed by atoms with Crippen LogP contribution in [0.1, 0.15) is 0 Å². The van der Waals surface area contributed by atoms with Crippen molar-refractivity contribution in [2.24, 2.45) is 0 Å². The molecule has 1 atom stereocenters. The van der Waals surface area contributed by atoms with Crippen molar-refractivity contribution in [1.82, 2.24) is 4.90 Å². The van der Waals surface area contributed by atoms with Gasteiger partial charge in [-0.1, -0.05) is 15.9 Å². The van der Waals surface area contributed by atoms with E-state index in [0.29, 0.717) is 25.1 Å². The molecule has 0 amide bonds. The third-order valence-electron chi connectivity index (χ3n) is 2.17. The zero-order chi connectivity index (χ0) is 11.3. The SMILES string of the molecule is FC(F)(F)OCCN1CCOCC1CBr. The molecule has 1 unspecified atom stereocenters. The van der Waals surface area contributed by atoms with Gasteiger partial charge in [0.1, 0.15) is 0 Å². The zero-order valence-corrected chi connectivity index (χ0v) is 9.68. The van der Waals surface area contributed by atoms with Crippen molar-refractivity contribution in [3.05, 3.63) is 0 Å². The molecule has 90 valence electrons. The first-order valence-electron chi connectivity index (χ1n) is 4.61. The van der Waals surface area contributed by atoms with E-state index in [4.69, 9.17) is 4.74 Å². The van der Waals surface area contributed by atoms with E-state index >= 15 is 0 Å². The maximum absolute atomic E-state index is 11.7. The van der Waals surface area contributed by atoms with Gasteiger partial charge in [-0.2, -0.15) is 0 Å². The van der Waals surface area contributed by atoms with E-state index in [1.54, 1.807) is 0 Å². The summed E-state index contributed by atoms with van der Waals surface area (Å²) in [6.45, 7) is 1.72. The van der Waals surface area contributed by atoms with Gasteiger partial charge in [-0.15, -0.1) is 13.2 Å². The minimum atomic E-state index is -4.53. The van der Waals surface area contributed by atoms with Gasteiger partial charge in [0.25, 0.3) is 0 Å². The second-order valence-corrected chi connectivity index (χ2v) is 3.86. The molecule has 0 bridgehead atoms. The molecule has 15 heavy (non-hydrogen) atoms. The van der Waals surface area contributed by atoms with Crippen molar-refractivity contribution in [2.75, 3.05) is 38.2 Å². The molecule has 1 heterocycles. The maximum atomic E-state index is 11.7. The Bertz CT molecular complexity index is 191. The smallest absolute Gasteiger partial charge is 0.378 e. The highest BCUT2D eigenvalue weighted by Crippen LogP contribution is 2.16. The molecular weight excluding hydrogens is 279 g/mol. The first kappa shape index (κ1) is 13.2. The fourth-order valence-corrected chi connectivity index (χ4v) is 2.00. The van der Waals surface area contributed by atoms with E-state index < -0.39 is 6.36 Å². The van der Waals surface area contributed by atoms with Crippen LogP contribution in [0.15, 0.2) is 0 Å². The number of halogens is 4. The Morgan fingerprint density at radius 2 is 2.20 bits per heavy atom. The first-order valence-corrected chi connectivity index (χ1v) is 5.73. The number of hydrogen-bond donors (Lipinski definition) is 0. The second-order valence-electron chi connectivity index (χ2n) is 3.21. The lowest BCUT2D eigenvalue weighted by Crippen LogP contribution is -2.48. The van der Waals surface area contributed by atoms with E-state index in [0.717, 1.165) is 0 Å². The molecule has 0 aromatic rings. The Balaban J connectivity index is 2.23. The lowest BCUT2D eigenvalue weighted by Gasteiger charge is -2.34. The van der Waals surface area contributed by atoms with E-state index in [1.165, 1.54) is 0 Å². The van der Waals surface area contributed by atoms with Crippen molar-refractivity contribution in [2.45, 2.75) is 12.4 Å². The van der Waals surface area contributed by atoms with Crippen LogP contribution in [0.4, 0.5) is 13.2 Å². The fraction of sp³-hybridized carbons (Fsp3) is 1.00. The van der Waals surface area contributed by atoms with Crippen LogP contribution in [-0.2, 0) is 9.47 Å². The Labute approximate surface area is 94.6 Å². The van der Waals surface area contributed by atoms with Crippen LogP contribution in [0, 0.1) is 0 Å². The van der Waals surface area contributed by atoms with E-state index in [2.05, 4.69) is 20.7 Å². The summed E-state index contributed by atoms with van der Waals surface area (Å²) in [4.78, 5) is 1.93. The van der Waals surface area contributed by atoms with Gasteiger partial charge in [-0.3, -0.25) is 9.64 Å². The summed E-state index contributed by atoms with van der Waals surface area (Å²) >= 11 is 3.30. The Kier molecular flexibility index (Phi) is 5.31. The monoisotopic (exact) mass is 291 g/mol. The minimum absolute atomic E-state index is 0.135. The van der Waals surface area contributed by atoms with Crippen molar-refractivity contribution >= 4 is 15.9 Å².